The predicted molar refractivity (Wildman–Crippen MR) is 132 cm³/mol. The Morgan fingerprint density at radius 1 is 1.18 bits per heavy atom. The Morgan fingerprint density at radius 3 is 2.55 bits per heavy atom. The molecule has 33 heavy (non-hydrogen) atoms. The lowest BCUT2D eigenvalue weighted by Gasteiger charge is -2.41. The van der Waals surface area contributed by atoms with Gasteiger partial charge < -0.3 is 9.80 Å². The lowest BCUT2D eigenvalue weighted by atomic mass is 9.79. The standard InChI is InChI=1S/C26H32ClN5O/c1-26(2,3)24(30(4)25(33)18-7-5-8-18)17-10-12-19(13-11-17)31-14-6-9-20-21(31)16-28-23-15-22(27)29-32(20)23/h10-13,15-16,18,24H,5-9,14H2,1-4H3/t24-/m0/s1. The molecule has 1 fully saturated rings. The van der Waals surface area contributed by atoms with E-state index in [9.17, 15) is 4.79 Å². The number of hydrogen-bond donors (Lipinski definition) is 0. The average Bonchev–Trinajstić information content (AvgIpc) is 3.12. The molecule has 0 N–H and O–H groups in total. The van der Waals surface area contributed by atoms with Gasteiger partial charge in [0.15, 0.2) is 10.8 Å². The summed E-state index contributed by atoms with van der Waals surface area (Å²) in [5, 5.41) is 4.90. The Labute approximate surface area is 200 Å². The molecule has 2 aromatic heterocycles. The quantitative estimate of drug-likeness (QED) is 0.487. The number of hydrogen-bond acceptors (Lipinski definition) is 4. The Hall–Kier alpha value is -2.60. The summed E-state index contributed by atoms with van der Waals surface area (Å²) < 4.78 is 1.87. The van der Waals surface area contributed by atoms with E-state index in [4.69, 9.17) is 11.6 Å². The molecule has 1 atom stereocenters. The summed E-state index contributed by atoms with van der Waals surface area (Å²) >= 11 is 6.13. The fourth-order valence-electron chi connectivity index (χ4n) is 5.41. The van der Waals surface area contributed by atoms with Crippen molar-refractivity contribution in [3.05, 3.63) is 52.9 Å². The number of fused-ring (bicyclic) bond motifs is 3. The van der Waals surface area contributed by atoms with Crippen LogP contribution in [-0.4, -0.2) is 39.0 Å². The van der Waals surface area contributed by atoms with Crippen LogP contribution < -0.4 is 4.90 Å². The zero-order valence-electron chi connectivity index (χ0n) is 19.9. The zero-order chi connectivity index (χ0) is 23.3. The van der Waals surface area contributed by atoms with Crippen LogP contribution in [0.25, 0.3) is 5.65 Å². The first-order valence-corrected chi connectivity index (χ1v) is 12.3. The molecular weight excluding hydrogens is 434 g/mol. The van der Waals surface area contributed by atoms with Gasteiger partial charge in [0.2, 0.25) is 5.91 Å². The second-order valence-electron chi connectivity index (χ2n) is 10.5. The fraction of sp³-hybridized carbons (Fsp3) is 0.500. The van der Waals surface area contributed by atoms with Crippen molar-refractivity contribution in [1.82, 2.24) is 19.5 Å². The Bertz CT molecular complexity index is 1180. The molecule has 1 aromatic carbocycles. The van der Waals surface area contributed by atoms with Crippen LogP contribution in [0.1, 0.15) is 63.8 Å². The minimum Gasteiger partial charge on any atom is -0.339 e. The second kappa shape index (κ2) is 8.32. The molecule has 0 radical (unpaired) electrons. The van der Waals surface area contributed by atoms with Crippen LogP contribution in [0.2, 0.25) is 5.15 Å². The van der Waals surface area contributed by atoms with E-state index in [-0.39, 0.29) is 23.3 Å². The molecule has 174 valence electrons. The Kier molecular flexibility index (Phi) is 5.60. The van der Waals surface area contributed by atoms with Crippen molar-refractivity contribution >= 4 is 34.5 Å². The van der Waals surface area contributed by atoms with Crippen molar-refractivity contribution in [3.63, 3.8) is 0 Å². The van der Waals surface area contributed by atoms with Gasteiger partial charge in [0.05, 0.1) is 23.6 Å². The van der Waals surface area contributed by atoms with Gasteiger partial charge in [-0.15, -0.1) is 0 Å². The van der Waals surface area contributed by atoms with Crippen molar-refractivity contribution in [2.75, 3.05) is 18.5 Å². The van der Waals surface area contributed by atoms with E-state index < -0.39 is 0 Å². The van der Waals surface area contributed by atoms with Crippen LogP contribution in [0.3, 0.4) is 0 Å². The van der Waals surface area contributed by atoms with Gasteiger partial charge in [-0.3, -0.25) is 4.79 Å². The number of halogens is 1. The lowest BCUT2D eigenvalue weighted by Crippen LogP contribution is -2.43. The van der Waals surface area contributed by atoms with Crippen LogP contribution in [-0.2, 0) is 11.2 Å². The largest absolute Gasteiger partial charge is 0.339 e. The van der Waals surface area contributed by atoms with E-state index in [1.54, 1.807) is 6.07 Å². The molecule has 0 unspecified atom stereocenters. The summed E-state index contributed by atoms with van der Waals surface area (Å²) in [6.07, 6.45) is 7.13. The number of nitrogens with zero attached hydrogens (tertiary/aromatic N) is 5. The lowest BCUT2D eigenvalue weighted by molar-refractivity contribution is -0.141. The van der Waals surface area contributed by atoms with Gasteiger partial charge in [0, 0.05) is 31.3 Å². The third-order valence-corrected chi connectivity index (χ3v) is 7.33. The van der Waals surface area contributed by atoms with Gasteiger partial charge in [-0.05, 0) is 48.8 Å². The Balaban J connectivity index is 1.45. The van der Waals surface area contributed by atoms with Gasteiger partial charge in [0.1, 0.15) is 0 Å². The van der Waals surface area contributed by atoms with E-state index in [0.717, 1.165) is 54.9 Å². The van der Waals surface area contributed by atoms with Gasteiger partial charge in [-0.2, -0.15) is 5.10 Å². The van der Waals surface area contributed by atoms with Gasteiger partial charge in [-0.1, -0.05) is 50.9 Å². The van der Waals surface area contributed by atoms with Crippen LogP contribution in [0, 0.1) is 11.3 Å². The number of amides is 1. The normalized spacial score (nSPS) is 17.5. The summed E-state index contributed by atoms with van der Waals surface area (Å²) in [7, 11) is 1.97. The molecule has 1 amide bonds. The van der Waals surface area contributed by atoms with Crippen molar-refractivity contribution in [3.8, 4) is 0 Å². The minimum atomic E-state index is -0.0672. The highest BCUT2D eigenvalue weighted by molar-refractivity contribution is 6.29. The van der Waals surface area contributed by atoms with Crippen molar-refractivity contribution < 1.29 is 4.79 Å². The summed E-state index contributed by atoms with van der Waals surface area (Å²) in [5.74, 6) is 0.479. The second-order valence-corrected chi connectivity index (χ2v) is 10.9. The molecule has 1 aliphatic carbocycles. The first-order valence-electron chi connectivity index (χ1n) is 11.9. The molecule has 3 heterocycles. The smallest absolute Gasteiger partial charge is 0.225 e. The monoisotopic (exact) mass is 465 g/mol. The number of aryl methyl sites for hydroxylation is 1. The molecule has 1 saturated carbocycles. The molecule has 1 aliphatic heterocycles. The fourth-order valence-corrected chi connectivity index (χ4v) is 5.58. The predicted octanol–water partition coefficient (Wildman–Crippen LogP) is 5.81. The SMILES string of the molecule is CN(C(=O)C1CCC1)[C@@H](c1ccc(N2CCCc3c2cnc2cc(Cl)nn32)cc1)C(C)(C)C. The number of carbonyl (C=O) groups is 1. The highest BCUT2D eigenvalue weighted by atomic mass is 35.5. The summed E-state index contributed by atoms with van der Waals surface area (Å²) in [5.41, 5.74) is 5.22. The van der Waals surface area contributed by atoms with E-state index >= 15 is 0 Å². The summed E-state index contributed by atoms with van der Waals surface area (Å²) in [4.78, 5) is 21.9. The molecule has 3 aromatic rings. The first kappa shape index (κ1) is 22.2. The summed E-state index contributed by atoms with van der Waals surface area (Å²) in [6.45, 7) is 7.56. The number of rotatable bonds is 4. The third kappa shape index (κ3) is 3.99. The molecule has 0 spiro atoms. The first-order chi connectivity index (χ1) is 15.7. The third-order valence-electron chi connectivity index (χ3n) is 7.15. The number of benzene rings is 1. The number of carbonyl (C=O) groups excluding carboxylic acids is 1. The molecule has 5 rings (SSSR count). The molecule has 0 bridgehead atoms. The summed E-state index contributed by atoms with van der Waals surface area (Å²) in [6, 6.07) is 10.5. The number of aromatic nitrogens is 3. The van der Waals surface area contributed by atoms with Crippen LogP contribution >= 0.6 is 11.6 Å². The molecule has 6 nitrogen and oxygen atoms in total. The van der Waals surface area contributed by atoms with E-state index in [1.807, 2.05) is 22.7 Å². The van der Waals surface area contributed by atoms with Crippen LogP contribution in [0.5, 0.6) is 0 Å². The molecule has 2 aliphatic rings. The highest BCUT2D eigenvalue weighted by Gasteiger charge is 2.37. The maximum atomic E-state index is 13.0. The van der Waals surface area contributed by atoms with Gasteiger partial charge in [-0.25, -0.2) is 9.50 Å². The van der Waals surface area contributed by atoms with Crippen LogP contribution in [0.4, 0.5) is 11.4 Å². The minimum absolute atomic E-state index is 0.0285. The topological polar surface area (TPSA) is 53.7 Å². The molecule has 0 saturated heterocycles. The van der Waals surface area contributed by atoms with Gasteiger partial charge in [0.25, 0.3) is 0 Å². The van der Waals surface area contributed by atoms with E-state index in [1.165, 1.54) is 12.0 Å². The van der Waals surface area contributed by atoms with Gasteiger partial charge >= 0.3 is 0 Å². The number of anilines is 2. The van der Waals surface area contributed by atoms with Crippen molar-refractivity contribution in [1.29, 1.82) is 0 Å². The van der Waals surface area contributed by atoms with E-state index in [2.05, 4.69) is 60.0 Å². The molecular formula is C26H32ClN5O. The zero-order valence-corrected chi connectivity index (χ0v) is 20.6. The maximum Gasteiger partial charge on any atom is 0.225 e. The van der Waals surface area contributed by atoms with Crippen LogP contribution in [0.15, 0.2) is 36.5 Å². The average molecular weight is 466 g/mol. The van der Waals surface area contributed by atoms with Crippen molar-refractivity contribution in [2.45, 2.75) is 58.9 Å². The maximum absolute atomic E-state index is 13.0. The van der Waals surface area contributed by atoms with Crippen molar-refractivity contribution in [2.24, 2.45) is 11.3 Å². The highest BCUT2D eigenvalue weighted by Crippen LogP contribution is 2.41. The Morgan fingerprint density at radius 2 is 1.91 bits per heavy atom. The van der Waals surface area contributed by atoms with E-state index in [0.29, 0.717) is 5.15 Å². The molecule has 7 heteroatoms.